The van der Waals surface area contributed by atoms with Crippen LogP contribution in [0.2, 0.25) is 5.02 Å². The molecule has 2 amide bonds. The van der Waals surface area contributed by atoms with Gasteiger partial charge in [0.05, 0.1) is 23.8 Å². The highest BCUT2D eigenvalue weighted by Gasteiger charge is 2.33. The Morgan fingerprint density at radius 2 is 1.72 bits per heavy atom. The van der Waals surface area contributed by atoms with Crippen LogP contribution in [0.25, 0.3) is 0 Å². The summed E-state index contributed by atoms with van der Waals surface area (Å²) in [7, 11) is 2.87. The average Bonchev–Trinajstić information content (AvgIpc) is 2.55. The summed E-state index contributed by atoms with van der Waals surface area (Å²) in [5.41, 5.74) is -1.29. The van der Waals surface area contributed by atoms with E-state index < -0.39 is 28.6 Å². The topological polar surface area (TPSA) is 67.9 Å². The predicted octanol–water partition coefficient (Wildman–Crippen LogP) is 2.42. The van der Waals surface area contributed by atoms with Crippen LogP contribution in [0.1, 0.15) is 5.56 Å². The number of anilines is 1. The molecule has 0 radical (unpaired) electrons. The van der Waals surface area contributed by atoms with Crippen LogP contribution >= 0.6 is 11.6 Å². The maximum absolute atomic E-state index is 12.8. The Morgan fingerprint density at radius 1 is 1.16 bits per heavy atom. The Hall–Kier alpha value is -1.84. The van der Waals surface area contributed by atoms with Crippen LogP contribution in [-0.4, -0.2) is 57.2 Å². The van der Waals surface area contributed by atoms with Gasteiger partial charge in [-0.3, -0.25) is 9.59 Å². The summed E-state index contributed by atoms with van der Waals surface area (Å²) in [6.45, 7) is 0.671. The van der Waals surface area contributed by atoms with Gasteiger partial charge in [0.25, 0.3) is 0 Å². The number of carbonyl (C=O) groups excluding carboxylic acids is 2. The van der Waals surface area contributed by atoms with Gasteiger partial charge in [0.2, 0.25) is 0 Å². The fourth-order valence-electron chi connectivity index (χ4n) is 1.87. The fraction of sp³-hybridized carbons (Fsp3) is 0.467. The maximum atomic E-state index is 12.8. The molecule has 0 spiro atoms. The van der Waals surface area contributed by atoms with E-state index in [1.807, 2.05) is 0 Å². The van der Waals surface area contributed by atoms with E-state index in [2.05, 4.69) is 5.32 Å². The van der Waals surface area contributed by atoms with Crippen LogP contribution in [-0.2, 0) is 25.2 Å². The first-order valence-corrected chi connectivity index (χ1v) is 7.53. The Bertz CT molecular complexity index is 603. The second-order valence-corrected chi connectivity index (χ2v) is 5.33. The van der Waals surface area contributed by atoms with Crippen LogP contribution in [0.3, 0.4) is 0 Å². The zero-order valence-electron chi connectivity index (χ0n) is 13.7. The lowest BCUT2D eigenvalue weighted by molar-refractivity contribution is -0.144. The summed E-state index contributed by atoms with van der Waals surface area (Å²) in [5.74, 6) is -1.97. The quantitative estimate of drug-likeness (QED) is 0.735. The molecule has 0 saturated carbocycles. The number of hydrogen-bond donors (Lipinski definition) is 1. The first-order valence-electron chi connectivity index (χ1n) is 7.15. The van der Waals surface area contributed by atoms with Gasteiger partial charge in [0, 0.05) is 33.0 Å². The molecule has 6 nitrogen and oxygen atoms in total. The third-order valence-electron chi connectivity index (χ3n) is 3.14. The standard InChI is InChI=1S/C15H18ClF3N2O4/c1-24-7-5-21(6-8-25-2)14(23)13(22)20-10-3-4-12(16)11(9-10)15(17,18)19/h3-4,9H,5-8H2,1-2H3,(H,20,22). The molecule has 0 heterocycles. The lowest BCUT2D eigenvalue weighted by Gasteiger charge is -2.21. The Balaban J connectivity index is 2.87. The van der Waals surface area contributed by atoms with Crippen molar-refractivity contribution >= 4 is 29.1 Å². The number of rotatable bonds is 7. The number of methoxy groups -OCH3 is 2. The van der Waals surface area contributed by atoms with Gasteiger partial charge in [-0.1, -0.05) is 11.6 Å². The lowest BCUT2D eigenvalue weighted by Crippen LogP contribution is -2.43. The number of carbonyl (C=O) groups is 2. The zero-order chi connectivity index (χ0) is 19.0. The van der Waals surface area contributed by atoms with Crippen LogP contribution < -0.4 is 5.32 Å². The summed E-state index contributed by atoms with van der Waals surface area (Å²) in [6.07, 6.45) is -4.68. The first-order chi connectivity index (χ1) is 11.7. The minimum Gasteiger partial charge on any atom is -0.383 e. The second kappa shape index (κ2) is 9.59. The van der Waals surface area contributed by atoms with Crippen LogP contribution in [0.15, 0.2) is 18.2 Å². The monoisotopic (exact) mass is 382 g/mol. The summed E-state index contributed by atoms with van der Waals surface area (Å²) >= 11 is 5.51. The lowest BCUT2D eigenvalue weighted by atomic mass is 10.2. The molecule has 0 aliphatic heterocycles. The molecule has 1 rings (SSSR count). The van der Waals surface area contributed by atoms with Gasteiger partial charge >= 0.3 is 18.0 Å². The van der Waals surface area contributed by atoms with Gasteiger partial charge in [-0.15, -0.1) is 0 Å². The van der Waals surface area contributed by atoms with E-state index in [1.54, 1.807) is 0 Å². The highest BCUT2D eigenvalue weighted by Crippen LogP contribution is 2.36. The number of amides is 2. The summed E-state index contributed by atoms with van der Waals surface area (Å²) in [5, 5.41) is 1.64. The minimum atomic E-state index is -4.68. The molecule has 0 aliphatic rings. The number of ether oxygens (including phenoxy) is 2. The second-order valence-electron chi connectivity index (χ2n) is 4.92. The van der Waals surface area contributed by atoms with Crippen molar-refractivity contribution in [1.82, 2.24) is 4.90 Å². The van der Waals surface area contributed by atoms with Crippen molar-refractivity contribution in [3.05, 3.63) is 28.8 Å². The first kappa shape index (κ1) is 21.2. The molecule has 140 valence electrons. The van der Waals surface area contributed by atoms with Gasteiger partial charge in [-0.2, -0.15) is 13.2 Å². The molecule has 0 saturated heterocycles. The zero-order valence-corrected chi connectivity index (χ0v) is 14.4. The van der Waals surface area contributed by atoms with Crippen LogP contribution in [0.4, 0.5) is 18.9 Å². The Kier molecular flexibility index (Phi) is 8.14. The average molecular weight is 383 g/mol. The molecule has 1 aromatic rings. The van der Waals surface area contributed by atoms with Gasteiger partial charge in [-0.25, -0.2) is 0 Å². The maximum Gasteiger partial charge on any atom is 0.417 e. The summed E-state index contributed by atoms with van der Waals surface area (Å²) < 4.78 is 48.2. The number of hydrogen-bond acceptors (Lipinski definition) is 4. The van der Waals surface area contributed by atoms with E-state index >= 15 is 0 Å². The molecule has 1 aromatic carbocycles. The SMILES string of the molecule is COCCN(CCOC)C(=O)C(=O)Nc1ccc(Cl)c(C(F)(F)F)c1. The molecule has 0 aromatic heterocycles. The Morgan fingerprint density at radius 3 is 2.20 bits per heavy atom. The van der Waals surface area contributed by atoms with Gasteiger partial charge in [0.1, 0.15) is 0 Å². The predicted molar refractivity (Wildman–Crippen MR) is 85.4 cm³/mol. The van der Waals surface area contributed by atoms with Crippen LogP contribution in [0, 0.1) is 0 Å². The molecule has 25 heavy (non-hydrogen) atoms. The van der Waals surface area contributed by atoms with Gasteiger partial charge < -0.3 is 19.7 Å². The molecule has 0 unspecified atom stereocenters. The molecule has 0 aliphatic carbocycles. The molecule has 10 heteroatoms. The van der Waals surface area contributed by atoms with E-state index in [0.717, 1.165) is 6.07 Å². The number of alkyl halides is 3. The van der Waals surface area contributed by atoms with Crippen molar-refractivity contribution in [3.63, 3.8) is 0 Å². The molecular weight excluding hydrogens is 365 g/mol. The van der Waals surface area contributed by atoms with E-state index in [4.69, 9.17) is 21.1 Å². The van der Waals surface area contributed by atoms with E-state index in [1.165, 1.54) is 25.2 Å². The number of nitrogens with zero attached hydrogens (tertiary/aromatic N) is 1. The van der Waals surface area contributed by atoms with Gasteiger partial charge in [-0.05, 0) is 18.2 Å². The number of benzene rings is 1. The highest BCUT2D eigenvalue weighted by molar-refractivity contribution is 6.39. The van der Waals surface area contributed by atoms with E-state index in [0.29, 0.717) is 6.07 Å². The van der Waals surface area contributed by atoms with Crippen molar-refractivity contribution in [3.8, 4) is 0 Å². The molecular formula is C15H18ClF3N2O4. The van der Waals surface area contributed by atoms with Crippen molar-refractivity contribution in [2.75, 3.05) is 45.8 Å². The number of halogens is 4. The molecule has 0 atom stereocenters. The van der Waals surface area contributed by atoms with Crippen molar-refractivity contribution in [2.45, 2.75) is 6.18 Å². The third kappa shape index (κ3) is 6.52. The summed E-state index contributed by atoms with van der Waals surface area (Å²) in [4.78, 5) is 25.4. The highest BCUT2D eigenvalue weighted by atomic mass is 35.5. The molecule has 0 bridgehead atoms. The van der Waals surface area contributed by atoms with Crippen molar-refractivity contribution in [1.29, 1.82) is 0 Å². The van der Waals surface area contributed by atoms with Crippen LogP contribution in [0.5, 0.6) is 0 Å². The normalized spacial score (nSPS) is 11.3. The third-order valence-corrected chi connectivity index (χ3v) is 3.47. The smallest absolute Gasteiger partial charge is 0.383 e. The Labute approximate surface area is 147 Å². The van der Waals surface area contributed by atoms with Gasteiger partial charge in [0.15, 0.2) is 0 Å². The molecule has 0 fully saturated rings. The minimum absolute atomic E-state index is 0.139. The van der Waals surface area contributed by atoms with E-state index in [-0.39, 0.29) is 32.0 Å². The largest absolute Gasteiger partial charge is 0.417 e. The van der Waals surface area contributed by atoms with Crippen molar-refractivity contribution in [2.24, 2.45) is 0 Å². The number of nitrogens with one attached hydrogen (secondary N) is 1. The van der Waals surface area contributed by atoms with Crippen molar-refractivity contribution < 1.29 is 32.2 Å². The fourth-order valence-corrected chi connectivity index (χ4v) is 2.09. The van der Waals surface area contributed by atoms with E-state index in [9.17, 15) is 22.8 Å². The molecule has 1 N–H and O–H groups in total. The summed E-state index contributed by atoms with van der Waals surface area (Å²) in [6, 6.07) is 2.84.